The Balaban J connectivity index is 1.32. The van der Waals surface area contributed by atoms with Crippen molar-refractivity contribution in [1.82, 2.24) is 29.9 Å². The summed E-state index contributed by atoms with van der Waals surface area (Å²) in [6, 6.07) is 6.80. The first-order valence-corrected chi connectivity index (χ1v) is 13.2. The van der Waals surface area contributed by atoms with E-state index in [1.165, 1.54) is 18.3 Å². The lowest BCUT2D eigenvalue weighted by Gasteiger charge is -2.34. The van der Waals surface area contributed by atoms with Crippen molar-refractivity contribution in [2.75, 3.05) is 25.0 Å². The number of nitrogens with zero attached hydrogens (tertiary/aromatic N) is 7. The predicted octanol–water partition coefficient (Wildman–Crippen LogP) is 5.29. The number of carbonyl (C=O) groups excluding carboxylic acids is 1. The molecule has 4 heterocycles. The van der Waals surface area contributed by atoms with Gasteiger partial charge in [-0.25, -0.2) is 4.39 Å². The number of ether oxygens (including phenoxy) is 1. The van der Waals surface area contributed by atoms with Gasteiger partial charge in [-0.2, -0.15) is 13.9 Å². The van der Waals surface area contributed by atoms with E-state index in [0.29, 0.717) is 35.0 Å². The maximum Gasteiger partial charge on any atom is 0.314 e. The van der Waals surface area contributed by atoms with Crippen molar-refractivity contribution in [1.29, 1.82) is 0 Å². The summed E-state index contributed by atoms with van der Waals surface area (Å²) in [5.74, 6) is -1.15. The van der Waals surface area contributed by atoms with Gasteiger partial charge >= 0.3 is 6.43 Å². The van der Waals surface area contributed by atoms with Gasteiger partial charge < -0.3 is 19.0 Å². The van der Waals surface area contributed by atoms with Crippen LogP contribution in [0.1, 0.15) is 50.7 Å². The Hall–Kier alpha value is -4.26. The first-order chi connectivity index (χ1) is 19.7. The van der Waals surface area contributed by atoms with Crippen molar-refractivity contribution in [3.8, 4) is 28.3 Å². The second-order valence-corrected chi connectivity index (χ2v) is 10.2. The summed E-state index contributed by atoms with van der Waals surface area (Å²) in [6.45, 7) is 6.87. The number of anilines is 1. The van der Waals surface area contributed by atoms with Crippen LogP contribution in [-0.4, -0.2) is 62.5 Å². The number of likely N-dealkylation sites (tertiary alicyclic amines) is 1. The van der Waals surface area contributed by atoms with Gasteiger partial charge in [-0.15, -0.1) is 10.2 Å². The van der Waals surface area contributed by atoms with Gasteiger partial charge in [-0.05, 0) is 44.9 Å². The number of hydrogen-bond acceptors (Lipinski definition) is 9. The van der Waals surface area contributed by atoms with Gasteiger partial charge in [-0.3, -0.25) is 14.5 Å². The average molecular weight is 570 g/mol. The number of rotatable bonds is 10. The normalized spacial score (nSPS) is 14.6. The van der Waals surface area contributed by atoms with Gasteiger partial charge in [0.25, 0.3) is 12.4 Å². The number of halogens is 3. The molecule has 13 heteroatoms. The molecule has 0 saturated carbocycles. The van der Waals surface area contributed by atoms with Crippen LogP contribution in [0, 0.1) is 5.82 Å². The van der Waals surface area contributed by atoms with Crippen LogP contribution in [0.25, 0.3) is 22.6 Å². The van der Waals surface area contributed by atoms with Crippen LogP contribution in [0.5, 0.6) is 5.75 Å². The second kappa shape index (κ2) is 12.1. The molecule has 0 amide bonds. The van der Waals surface area contributed by atoms with E-state index in [0.717, 1.165) is 25.9 Å². The zero-order chi connectivity index (χ0) is 29.1. The van der Waals surface area contributed by atoms with Gasteiger partial charge in [0.15, 0.2) is 5.75 Å². The number of benzene rings is 1. The van der Waals surface area contributed by atoms with Crippen LogP contribution in [0.15, 0.2) is 47.3 Å². The van der Waals surface area contributed by atoms with E-state index in [1.807, 2.05) is 10.9 Å². The molecule has 0 N–H and O–H groups in total. The molecule has 0 spiro atoms. The summed E-state index contributed by atoms with van der Waals surface area (Å²) in [5, 5.41) is 11.4. The monoisotopic (exact) mass is 569 g/mol. The van der Waals surface area contributed by atoms with Crippen LogP contribution in [0.2, 0.25) is 0 Å². The largest absolute Gasteiger partial charge is 0.427 e. The zero-order valence-corrected chi connectivity index (χ0v) is 22.9. The van der Waals surface area contributed by atoms with Crippen molar-refractivity contribution in [3.63, 3.8) is 0 Å². The molecule has 1 aliphatic heterocycles. The fourth-order valence-electron chi connectivity index (χ4n) is 4.96. The topological polar surface area (TPSA) is 102 Å². The van der Waals surface area contributed by atoms with E-state index in [4.69, 9.17) is 9.15 Å². The number of aromatic nitrogens is 5. The fourth-order valence-corrected chi connectivity index (χ4v) is 4.96. The number of alkyl halides is 2. The van der Waals surface area contributed by atoms with Crippen LogP contribution < -0.4 is 9.64 Å². The molecule has 5 rings (SSSR count). The lowest BCUT2D eigenvalue weighted by Crippen LogP contribution is -2.39. The number of piperidine rings is 1. The molecular formula is C28H30F3N7O3. The Kier molecular flexibility index (Phi) is 8.34. The minimum Gasteiger partial charge on any atom is -0.427 e. The second-order valence-electron chi connectivity index (χ2n) is 10.2. The highest BCUT2D eigenvalue weighted by atomic mass is 19.3. The Morgan fingerprint density at radius 3 is 2.56 bits per heavy atom. The van der Waals surface area contributed by atoms with Gasteiger partial charge in [-0.1, -0.05) is 0 Å². The van der Waals surface area contributed by atoms with E-state index in [2.05, 4.69) is 39.0 Å². The Morgan fingerprint density at radius 1 is 1.15 bits per heavy atom. The molecule has 0 aliphatic carbocycles. The molecule has 10 nitrogen and oxygen atoms in total. The summed E-state index contributed by atoms with van der Waals surface area (Å²) >= 11 is 0. The van der Waals surface area contributed by atoms with Gasteiger partial charge in [0, 0.05) is 55.8 Å². The smallest absolute Gasteiger partial charge is 0.314 e. The van der Waals surface area contributed by atoms with Gasteiger partial charge in [0.2, 0.25) is 5.89 Å². The minimum atomic E-state index is -2.86. The van der Waals surface area contributed by atoms with E-state index >= 15 is 4.39 Å². The molecule has 1 aliphatic rings. The van der Waals surface area contributed by atoms with Crippen molar-refractivity contribution < 1.29 is 27.1 Å². The molecular weight excluding hydrogens is 539 g/mol. The summed E-state index contributed by atoms with van der Waals surface area (Å²) in [7, 11) is 1.70. The number of carbonyl (C=O) groups is 1. The highest BCUT2D eigenvalue weighted by molar-refractivity contribution is 5.73. The summed E-state index contributed by atoms with van der Waals surface area (Å²) in [4.78, 5) is 19.7. The Morgan fingerprint density at radius 2 is 1.93 bits per heavy atom. The molecule has 3 aromatic heterocycles. The quantitative estimate of drug-likeness (QED) is 0.236. The fraction of sp³-hybridized carbons (Fsp3) is 0.393. The van der Waals surface area contributed by atoms with Crippen LogP contribution in [-0.2, 0) is 11.3 Å². The lowest BCUT2D eigenvalue weighted by molar-refractivity contribution is -0.120. The van der Waals surface area contributed by atoms with Crippen LogP contribution in [0.3, 0.4) is 0 Å². The molecule has 1 aromatic carbocycles. The summed E-state index contributed by atoms with van der Waals surface area (Å²) < 4.78 is 53.0. The van der Waals surface area contributed by atoms with Crippen LogP contribution >= 0.6 is 0 Å². The van der Waals surface area contributed by atoms with Crippen molar-refractivity contribution in [3.05, 3.63) is 60.3 Å². The Bertz CT molecular complexity index is 1480. The summed E-state index contributed by atoms with van der Waals surface area (Å²) in [5.41, 5.74) is 2.16. The van der Waals surface area contributed by atoms with Gasteiger partial charge in [0.1, 0.15) is 5.82 Å². The SMILES string of the molecule is CC(C)N1CCC(n2cc(-c3cc(OC=O)c(N(C)Cc4ccc(-c5nnc(C(F)F)o5)cn4)cc3F)cn2)CC1. The zero-order valence-electron chi connectivity index (χ0n) is 22.9. The molecule has 0 unspecified atom stereocenters. The molecule has 1 saturated heterocycles. The van der Waals surface area contributed by atoms with Crippen LogP contribution in [0.4, 0.5) is 18.9 Å². The third-order valence-electron chi connectivity index (χ3n) is 7.25. The first kappa shape index (κ1) is 28.3. The van der Waals surface area contributed by atoms with E-state index < -0.39 is 18.1 Å². The number of pyridine rings is 1. The molecule has 41 heavy (non-hydrogen) atoms. The highest BCUT2D eigenvalue weighted by Gasteiger charge is 2.24. The predicted molar refractivity (Wildman–Crippen MR) is 144 cm³/mol. The molecule has 0 bridgehead atoms. The van der Waals surface area contributed by atoms with Crippen molar-refractivity contribution in [2.45, 2.75) is 51.7 Å². The molecule has 0 atom stereocenters. The van der Waals surface area contributed by atoms with Crippen molar-refractivity contribution >= 4 is 12.2 Å². The minimum absolute atomic E-state index is 0.0728. The van der Waals surface area contributed by atoms with E-state index in [1.54, 1.807) is 30.3 Å². The average Bonchev–Trinajstić information content (AvgIpc) is 3.65. The highest BCUT2D eigenvalue weighted by Crippen LogP contribution is 2.36. The maximum atomic E-state index is 15.4. The van der Waals surface area contributed by atoms with E-state index in [9.17, 15) is 13.6 Å². The molecule has 0 radical (unpaired) electrons. The molecule has 4 aromatic rings. The van der Waals surface area contributed by atoms with E-state index in [-0.39, 0.29) is 29.8 Å². The standard InChI is InChI=1S/C28H30F3N7O3/c1-17(2)37-8-6-21(7-9-37)38-14-19(13-33-38)22-10-25(40-16-39)24(11-23(22)29)36(3)15-20-5-4-18(12-32-20)27-34-35-28(41-27)26(30)31/h4-5,10-14,16-17,21,26H,6-9,15H2,1-3H3. The molecule has 216 valence electrons. The molecule has 1 fully saturated rings. The van der Waals surface area contributed by atoms with Gasteiger partial charge in [0.05, 0.1) is 35.7 Å². The third-order valence-corrected chi connectivity index (χ3v) is 7.25. The number of hydrogen-bond donors (Lipinski definition) is 0. The Labute approximate surface area is 234 Å². The third kappa shape index (κ3) is 6.24. The maximum absolute atomic E-state index is 15.4. The van der Waals surface area contributed by atoms with Crippen molar-refractivity contribution in [2.24, 2.45) is 0 Å². The first-order valence-electron chi connectivity index (χ1n) is 13.2. The lowest BCUT2D eigenvalue weighted by atomic mass is 10.0. The summed E-state index contributed by atoms with van der Waals surface area (Å²) in [6.07, 6.45) is 3.94.